The highest BCUT2D eigenvalue weighted by atomic mass is 32.2. The Hall–Kier alpha value is -4.04. The van der Waals surface area contributed by atoms with Crippen molar-refractivity contribution >= 4 is 69.7 Å². The lowest BCUT2D eigenvalue weighted by Crippen LogP contribution is -2.61. The van der Waals surface area contributed by atoms with Crippen molar-refractivity contribution in [3.8, 4) is 0 Å². The highest BCUT2D eigenvalue weighted by Gasteiger charge is 2.51. The Labute approximate surface area is 237 Å². The van der Waals surface area contributed by atoms with E-state index in [0.29, 0.717) is 12.2 Å². The molecule has 1 saturated heterocycles. The number of hydrogen-bond donors (Lipinski definition) is 4. The normalized spacial score (nSPS) is 22.8. The molecule has 20 heteroatoms. The molecule has 0 saturated carbocycles. The van der Waals surface area contributed by atoms with Gasteiger partial charge in [0.15, 0.2) is 5.13 Å². The van der Waals surface area contributed by atoms with E-state index in [2.05, 4.69) is 35.4 Å². The summed E-state index contributed by atoms with van der Waals surface area (Å²) < 4.78 is 4.85. The molecule has 0 spiro atoms. The number of amides is 2. The van der Waals surface area contributed by atoms with Gasteiger partial charge < -0.3 is 26.1 Å². The van der Waals surface area contributed by atoms with Crippen molar-refractivity contribution in [3.63, 3.8) is 0 Å². The van der Waals surface area contributed by atoms with E-state index in [1.165, 1.54) is 22.7 Å². The third-order valence-electron chi connectivity index (χ3n) is 5.89. The minimum absolute atomic E-state index is 0.00983. The van der Waals surface area contributed by atoms with Crippen LogP contribution < -0.4 is 11.1 Å². The minimum Gasteiger partial charge on any atom is -0.478 e. The summed E-state index contributed by atoms with van der Waals surface area (Å²) in [5, 5.41) is 36.2. The van der Waals surface area contributed by atoms with Crippen LogP contribution in [0, 0.1) is 5.92 Å². The molecule has 0 aromatic carbocycles. The average Bonchev–Trinajstić information content (AvgIpc) is 3.70. The molecule has 4 atom stereocenters. The Morgan fingerprint density at radius 3 is 2.85 bits per heavy atom. The van der Waals surface area contributed by atoms with Crippen molar-refractivity contribution in [1.29, 1.82) is 0 Å². The van der Waals surface area contributed by atoms with Gasteiger partial charge >= 0.3 is 11.9 Å². The molecule has 2 aromatic heterocycles. The van der Waals surface area contributed by atoms with Crippen LogP contribution in [0.5, 0.6) is 0 Å². The predicted octanol–water partition coefficient (Wildman–Crippen LogP) is -0.462. The van der Waals surface area contributed by atoms with Crippen LogP contribution in [-0.2, 0) is 24.0 Å². The number of hydrogen-bond acceptors (Lipinski definition) is 15. The van der Waals surface area contributed by atoms with E-state index < -0.39 is 35.6 Å². The number of nitrogens with zero attached hydrogens (tertiary/aromatic N) is 8. The molecule has 2 aliphatic heterocycles. The number of carbonyl (C=O) groups is 4. The zero-order valence-electron chi connectivity index (χ0n) is 20.2. The van der Waals surface area contributed by atoms with Gasteiger partial charge in [0.25, 0.3) is 5.91 Å². The largest absolute Gasteiger partial charge is 0.478 e. The number of nitrogen functional groups attached to an aromatic ring is 1. The van der Waals surface area contributed by atoms with Crippen LogP contribution in [0.4, 0.5) is 5.13 Å². The molecule has 2 aromatic rings. The first-order valence-corrected chi connectivity index (χ1v) is 14.4. The maximum atomic E-state index is 13.2. The number of carboxylic acids is 2. The van der Waals surface area contributed by atoms with Gasteiger partial charge in [-0.3, -0.25) is 14.5 Å². The van der Waals surface area contributed by atoms with Crippen molar-refractivity contribution in [2.45, 2.75) is 35.6 Å². The fourth-order valence-electron chi connectivity index (χ4n) is 3.99. The molecule has 1 fully saturated rings. The fourth-order valence-corrected chi connectivity index (χ4v) is 6.83. The molecule has 0 bridgehead atoms. The molecule has 0 radical (unpaired) electrons. The maximum Gasteiger partial charge on any atom is 0.352 e. The van der Waals surface area contributed by atoms with Gasteiger partial charge in [0.05, 0.1) is 11.3 Å². The summed E-state index contributed by atoms with van der Waals surface area (Å²) in [5.41, 5.74) is 5.20. The molecule has 5 N–H and O–H groups in total. The number of carboxylic acid groups (broad SMARTS) is 2. The molecule has 4 heterocycles. The van der Waals surface area contributed by atoms with Gasteiger partial charge in [0.1, 0.15) is 11.8 Å². The van der Waals surface area contributed by atoms with Crippen LogP contribution in [0.1, 0.15) is 24.8 Å². The molecule has 5 rings (SSSR count). The first kappa shape index (κ1) is 27.5. The van der Waals surface area contributed by atoms with Crippen molar-refractivity contribution in [1.82, 2.24) is 39.8 Å². The number of allylic oxidation sites excluding steroid dienone is 1. The van der Waals surface area contributed by atoms with Gasteiger partial charge in [0, 0.05) is 23.0 Å². The minimum atomic E-state index is -1.77. The summed E-state index contributed by atoms with van der Waals surface area (Å²) in [5.74, 6) is -4.12. The van der Waals surface area contributed by atoms with Crippen LogP contribution in [0.2, 0.25) is 0 Å². The number of oxime groups is 1. The topological polar surface area (TPSA) is 241 Å². The predicted molar refractivity (Wildman–Crippen MR) is 140 cm³/mol. The third kappa shape index (κ3) is 5.49. The van der Waals surface area contributed by atoms with Crippen LogP contribution in [-0.4, -0.2) is 97.1 Å². The van der Waals surface area contributed by atoms with Crippen molar-refractivity contribution in [2.75, 3.05) is 17.2 Å². The molecule has 3 aliphatic rings. The Morgan fingerprint density at radius 1 is 1.35 bits per heavy atom. The van der Waals surface area contributed by atoms with Crippen LogP contribution in [0.15, 0.2) is 34.2 Å². The van der Waals surface area contributed by atoms with E-state index in [1.54, 1.807) is 6.08 Å². The monoisotopic (exact) mass is 608 g/mol. The number of β-lactam (4-membered cyclic amide) rings is 1. The number of tetrazole rings is 1. The zero-order chi connectivity index (χ0) is 28.4. The van der Waals surface area contributed by atoms with E-state index in [9.17, 15) is 29.4 Å². The van der Waals surface area contributed by atoms with Gasteiger partial charge in [-0.1, -0.05) is 23.0 Å². The molecule has 210 valence electrons. The van der Waals surface area contributed by atoms with Crippen LogP contribution >= 0.6 is 35.1 Å². The molecule has 1 aliphatic carbocycles. The molecular weight excluding hydrogens is 588 g/mol. The Balaban J connectivity index is 1.30. The van der Waals surface area contributed by atoms with E-state index in [-0.39, 0.29) is 44.9 Å². The van der Waals surface area contributed by atoms with Crippen molar-refractivity contribution in [3.05, 3.63) is 29.7 Å². The van der Waals surface area contributed by atoms with Crippen molar-refractivity contribution in [2.24, 2.45) is 11.1 Å². The number of nitrogens with two attached hydrogens (primary N) is 1. The van der Waals surface area contributed by atoms with E-state index in [4.69, 9.17) is 10.6 Å². The number of carbonyl (C=O) groups excluding carboxylic acids is 2. The number of anilines is 1. The van der Waals surface area contributed by atoms with Gasteiger partial charge in [-0.2, -0.15) is 14.0 Å². The summed E-state index contributed by atoms with van der Waals surface area (Å²) in [6.07, 6.45) is 4.47. The second-order valence-corrected chi connectivity index (χ2v) is 11.3. The quantitative estimate of drug-likeness (QED) is 0.0829. The van der Waals surface area contributed by atoms with E-state index >= 15 is 0 Å². The number of aliphatic carboxylic acids is 2. The fraction of sp³-hybridized carbons (Fsp3) is 0.400. The second-order valence-electron chi connectivity index (χ2n) is 8.41. The summed E-state index contributed by atoms with van der Waals surface area (Å²) in [6.45, 7) is 0. The highest BCUT2D eigenvalue weighted by Crippen LogP contribution is 2.43. The molecular formula is C20H20N10O7S3. The van der Waals surface area contributed by atoms with Crippen LogP contribution in [0.25, 0.3) is 0 Å². The van der Waals surface area contributed by atoms with Gasteiger partial charge in [-0.15, -0.1) is 16.9 Å². The van der Waals surface area contributed by atoms with Gasteiger partial charge in [-0.05, 0) is 35.4 Å². The van der Waals surface area contributed by atoms with E-state index in [0.717, 1.165) is 34.4 Å². The number of fused-ring (bicyclic) bond motifs is 1. The maximum absolute atomic E-state index is 13.2. The SMILES string of the molecule is Nc1nc(/C(=N\OC2C=CCC2)C(=O)NC(C(=O)O)n2nnnc2SCC2C(=O)N3C(C(=O)O)=CCSC23)ns1. The van der Waals surface area contributed by atoms with E-state index in [1.807, 2.05) is 6.08 Å². The number of aromatic nitrogens is 6. The summed E-state index contributed by atoms with van der Waals surface area (Å²) in [4.78, 5) is 60.0. The van der Waals surface area contributed by atoms with Crippen molar-refractivity contribution < 1.29 is 34.2 Å². The Morgan fingerprint density at radius 2 is 2.17 bits per heavy atom. The second kappa shape index (κ2) is 11.6. The Kier molecular flexibility index (Phi) is 7.98. The van der Waals surface area contributed by atoms with Crippen LogP contribution in [0.3, 0.4) is 0 Å². The standard InChI is InChI=1S/C20H20N10O7S3/c21-19-22-12(26-40-19)11(25-37-8-3-1-2-4-8)14(31)23-13(18(35)36)30-20(24-27-28-30)39-7-9-15(32)29-10(17(33)34)5-6-38-16(9)29/h1,3,5,8-9,13,16H,2,4,6-7H2,(H,23,31)(H,33,34)(H,35,36)(H2,21,22,26)/b25-11+. The summed E-state index contributed by atoms with van der Waals surface area (Å²) in [7, 11) is 0. The lowest BCUT2D eigenvalue weighted by atomic mass is 9.99. The zero-order valence-corrected chi connectivity index (χ0v) is 22.6. The first-order chi connectivity index (χ1) is 19.2. The molecule has 17 nitrogen and oxygen atoms in total. The van der Waals surface area contributed by atoms with Gasteiger partial charge in [-0.25, -0.2) is 9.59 Å². The third-order valence-corrected chi connectivity index (χ3v) is 8.73. The molecule has 40 heavy (non-hydrogen) atoms. The van der Waals surface area contributed by atoms with Gasteiger partial charge in [0.2, 0.25) is 28.8 Å². The number of nitrogens with one attached hydrogen (secondary N) is 1. The summed E-state index contributed by atoms with van der Waals surface area (Å²) in [6, 6.07) is 0. The molecule has 2 amide bonds. The number of rotatable bonds is 11. The highest BCUT2D eigenvalue weighted by molar-refractivity contribution is 8.00. The molecule has 4 unspecified atom stereocenters. The number of thioether (sulfide) groups is 2. The smallest absolute Gasteiger partial charge is 0.352 e. The summed E-state index contributed by atoms with van der Waals surface area (Å²) >= 11 is 3.23. The first-order valence-electron chi connectivity index (χ1n) is 11.6. The lowest BCUT2D eigenvalue weighted by molar-refractivity contribution is -0.151. The average molecular weight is 609 g/mol. The lowest BCUT2D eigenvalue weighted by Gasteiger charge is -2.48. The Bertz CT molecular complexity index is 1440.